The molecule has 1 atom stereocenters. The van der Waals surface area contributed by atoms with E-state index in [4.69, 9.17) is 9.47 Å². The van der Waals surface area contributed by atoms with Crippen LogP contribution in [0, 0.1) is 0 Å². The molecule has 5 heteroatoms. The summed E-state index contributed by atoms with van der Waals surface area (Å²) in [7, 11) is 5.55. The van der Waals surface area contributed by atoms with E-state index in [1.165, 1.54) is 29.8 Å². The number of rotatable bonds is 6. The summed E-state index contributed by atoms with van der Waals surface area (Å²) in [5, 5.41) is 3.68. The van der Waals surface area contributed by atoms with Crippen LogP contribution in [-0.4, -0.2) is 51.6 Å². The van der Waals surface area contributed by atoms with Gasteiger partial charge in [-0.15, -0.1) is 11.8 Å². The summed E-state index contributed by atoms with van der Waals surface area (Å²) in [5.74, 6) is 1.59. The number of ether oxygens (including phenoxy) is 2. The van der Waals surface area contributed by atoms with Crippen molar-refractivity contribution in [2.24, 2.45) is 0 Å². The second kappa shape index (κ2) is 7.92. The van der Waals surface area contributed by atoms with E-state index >= 15 is 0 Å². The lowest BCUT2D eigenvalue weighted by molar-refractivity contribution is 0.226. The van der Waals surface area contributed by atoms with Crippen molar-refractivity contribution in [3.8, 4) is 11.5 Å². The molecule has 2 rings (SSSR count). The van der Waals surface area contributed by atoms with Crippen molar-refractivity contribution in [2.75, 3.05) is 40.6 Å². The van der Waals surface area contributed by atoms with E-state index in [0.717, 1.165) is 24.6 Å². The number of thioether (sulfide) groups is 1. The Balaban J connectivity index is 2.07. The first-order valence-electron chi connectivity index (χ1n) is 7.38. The summed E-state index contributed by atoms with van der Waals surface area (Å²) in [6, 6.07) is 4.73. The molecule has 1 aromatic rings. The fourth-order valence-electron chi connectivity index (χ4n) is 2.82. The lowest BCUT2D eigenvalue weighted by Crippen LogP contribution is -2.43. The van der Waals surface area contributed by atoms with Crippen LogP contribution >= 0.6 is 11.8 Å². The van der Waals surface area contributed by atoms with Crippen molar-refractivity contribution in [3.05, 3.63) is 17.7 Å². The third kappa shape index (κ3) is 4.28. The first kappa shape index (κ1) is 16.5. The van der Waals surface area contributed by atoms with Crippen LogP contribution in [0.3, 0.4) is 0 Å². The molecule has 1 fully saturated rings. The maximum atomic E-state index is 5.41. The third-order valence-corrected chi connectivity index (χ3v) is 4.81. The minimum Gasteiger partial charge on any atom is -0.493 e. The zero-order chi connectivity index (χ0) is 15.2. The number of likely N-dealkylation sites (tertiary alicyclic amines) is 1. The lowest BCUT2D eigenvalue weighted by Gasteiger charge is -2.30. The van der Waals surface area contributed by atoms with Gasteiger partial charge in [-0.3, -0.25) is 0 Å². The Kier molecular flexibility index (Phi) is 6.21. The monoisotopic (exact) mass is 310 g/mol. The molecular formula is C16H26N2O2S. The Morgan fingerprint density at radius 1 is 1.29 bits per heavy atom. The van der Waals surface area contributed by atoms with Crippen LogP contribution in [0.5, 0.6) is 11.5 Å². The molecule has 1 N–H and O–H groups in total. The molecule has 0 aromatic heterocycles. The van der Waals surface area contributed by atoms with Gasteiger partial charge >= 0.3 is 0 Å². The molecular weight excluding hydrogens is 284 g/mol. The predicted molar refractivity (Wildman–Crippen MR) is 88.7 cm³/mol. The summed E-state index contributed by atoms with van der Waals surface area (Å²) >= 11 is 1.75. The Labute approximate surface area is 132 Å². The molecule has 1 saturated heterocycles. The second-order valence-corrected chi connectivity index (χ2v) is 6.35. The van der Waals surface area contributed by atoms with Gasteiger partial charge in [-0.2, -0.15) is 0 Å². The number of methoxy groups -OCH3 is 2. The predicted octanol–water partition coefficient (Wildman–Crippen LogP) is 2.61. The molecule has 1 aromatic carbocycles. The van der Waals surface area contributed by atoms with Crippen LogP contribution in [0.2, 0.25) is 0 Å². The minimum absolute atomic E-state index is 0.576. The number of nitrogens with one attached hydrogen (secondary N) is 1. The SMILES string of the molecule is COc1cc(CNC2CCCN(C)C2)c(SC)cc1OC. The molecule has 1 aliphatic rings. The van der Waals surface area contributed by atoms with Crippen LogP contribution in [0.4, 0.5) is 0 Å². The molecule has 1 aliphatic heterocycles. The Hall–Kier alpha value is -0.910. The average molecular weight is 310 g/mol. The van der Waals surface area contributed by atoms with Gasteiger partial charge in [-0.25, -0.2) is 0 Å². The summed E-state index contributed by atoms with van der Waals surface area (Å²) in [4.78, 5) is 3.63. The van der Waals surface area contributed by atoms with Crippen LogP contribution in [0.25, 0.3) is 0 Å². The molecule has 0 spiro atoms. The van der Waals surface area contributed by atoms with Crippen LogP contribution < -0.4 is 14.8 Å². The molecule has 4 nitrogen and oxygen atoms in total. The highest BCUT2D eigenvalue weighted by molar-refractivity contribution is 7.98. The maximum Gasteiger partial charge on any atom is 0.161 e. The van der Waals surface area contributed by atoms with Crippen LogP contribution in [-0.2, 0) is 6.54 Å². The summed E-state index contributed by atoms with van der Waals surface area (Å²) in [6.07, 6.45) is 4.63. The summed E-state index contributed by atoms with van der Waals surface area (Å²) in [6.45, 7) is 3.21. The van der Waals surface area contributed by atoms with Crippen molar-refractivity contribution in [3.63, 3.8) is 0 Å². The van der Waals surface area contributed by atoms with Gasteiger partial charge in [0.1, 0.15) is 0 Å². The highest BCUT2D eigenvalue weighted by atomic mass is 32.2. The normalized spacial score (nSPS) is 19.5. The first-order valence-corrected chi connectivity index (χ1v) is 8.61. The number of piperidine rings is 1. The molecule has 1 unspecified atom stereocenters. The smallest absolute Gasteiger partial charge is 0.161 e. The molecule has 1 heterocycles. The molecule has 118 valence electrons. The van der Waals surface area contributed by atoms with E-state index in [2.05, 4.69) is 35.7 Å². The quantitative estimate of drug-likeness (QED) is 0.817. The highest BCUT2D eigenvalue weighted by Crippen LogP contribution is 2.34. The van der Waals surface area contributed by atoms with E-state index in [-0.39, 0.29) is 0 Å². The van der Waals surface area contributed by atoms with Crippen molar-refractivity contribution < 1.29 is 9.47 Å². The zero-order valence-electron chi connectivity index (χ0n) is 13.4. The Bertz CT molecular complexity index is 468. The number of nitrogens with zero attached hydrogens (tertiary/aromatic N) is 1. The number of benzene rings is 1. The van der Waals surface area contributed by atoms with E-state index < -0.39 is 0 Å². The fourth-order valence-corrected chi connectivity index (χ4v) is 3.44. The van der Waals surface area contributed by atoms with Gasteiger partial charge in [0.2, 0.25) is 0 Å². The molecule has 0 bridgehead atoms. The van der Waals surface area contributed by atoms with E-state index in [1.807, 2.05) is 0 Å². The molecule has 0 amide bonds. The van der Waals surface area contributed by atoms with Gasteiger partial charge in [-0.05, 0) is 50.4 Å². The summed E-state index contributed by atoms with van der Waals surface area (Å²) in [5.41, 5.74) is 1.27. The van der Waals surface area contributed by atoms with Gasteiger partial charge in [0, 0.05) is 24.0 Å². The maximum absolute atomic E-state index is 5.41. The first-order chi connectivity index (χ1) is 10.2. The van der Waals surface area contributed by atoms with Gasteiger partial charge in [0.05, 0.1) is 14.2 Å². The number of hydrogen-bond donors (Lipinski definition) is 1. The van der Waals surface area contributed by atoms with Crippen molar-refractivity contribution in [2.45, 2.75) is 30.3 Å². The van der Waals surface area contributed by atoms with Crippen molar-refractivity contribution in [1.29, 1.82) is 0 Å². The van der Waals surface area contributed by atoms with E-state index in [0.29, 0.717) is 6.04 Å². The molecule has 21 heavy (non-hydrogen) atoms. The molecule has 0 aliphatic carbocycles. The van der Waals surface area contributed by atoms with Gasteiger partial charge in [-0.1, -0.05) is 0 Å². The van der Waals surface area contributed by atoms with Gasteiger partial charge < -0.3 is 19.7 Å². The van der Waals surface area contributed by atoms with Gasteiger partial charge in [0.15, 0.2) is 11.5 Å². The largest absolute Gasteiger partial charge is 0.493 e. The number of likely N-dealkylation sites (N-methyl/N-ethyl adjacent to an activating group) is 1. The Morgan fingerprint density at radius 2 is 2.00 bits per heavy atom. The van der Waals surface area contributed by atoms with E-state index in [1.54, 1.807) is 26.0 Å². The minimum atomic E-state index is 0.576. The van der Waals surface area contributed by atoms with Gasteiger partial charge in [0.25, 0.3) is 0 Å². The highest BCUT2D eigenvalue weighted by Gasteiger charge is 2.17. The standard InChI is InChI=1S/C16H26N2O2S/c1-18-7-5-6-13(11-18)17-10-12-8-14(19-2)15(20-3)9-16(12)21-4/h8-9,13,17H,5-7,10-11H2,1-4H3. The second-order valence-electron chi connectivity index (χ2n) is 5.50. The average Bonchev–Trinajstić information content (AvgIpc) is 2.52. The van der Waals surface area contributed by atoms with Crippen molar-refractivity contribution >= 4 is 11.8 Å². The zero-order valence-corrected chi connectivity index (χ0v) is 14.3. The molecule has 0 radical (unpaired) electrons. The van der Waals surface area contributed by atoms with E-state index in [9.17, 15) is 0 Å². The summed E-state index contributed by atoms with van der Waals surface area (Å²) < 4.78 is 10.8. The topological polar surface area (TPSA) is 33.7 Å². The molecule has 0 saturated carbocycles. The Morgan fingerprint density at radius 3 is 2.62 bits per heavy atom. The number of hydrogen-bond acceptors (Lipinski definition) is 5. The van der Waals surface area contributed by atoms with Crippen LogP contribution in [0.15, 0.2) is 17.0 Å². The van der Waals surface area contributed by atoms with Crippen molar-refractivity contribution in [1.82, 2.24) is 10.2 Å². The fraction of sp³-hybridized carbons (Fsp3) is 0.625. The third-order valence-electron chi connectivity index (χ3n) is 3.99. The lowest BCUT2D eigenvalue weighted by atomic mass is 10.1. The van der Waals surface area contributed by atoms with Crippen LogP contribution in [0.1, 0.15) is 18.4 Å².